The van der Waals surface area contributed by atoms with Gasteiger partial charge in [-0.3, -0.25) is 9.52 Å². The first-order valence-corrected chi connectivity index (χ1v) is 5.76. The Morgan fingerprint density at radius 1 is 1.54 bits per heavy atom. The van der Waals surface area contributed by atoms with Crippen molar-refractivity contribution in [1.29, 1.82) is 0 Å². The lowest BCUT2D eigenvalue weighted by Crippen LogP contribution is -2.19. The molecule has 6 heteroatoms. The fourth-order valence-electron chi connectivity index (χ4n) is 0.674. The number of carbonyl (C=O) groups excluding carboxylic acids is 1. The van der Waals surface area contributed by atoms with Crippen LogP contribution in [0.5, 0.6) is 0 Å². The highest BCUT2D eigenvalue weighted by Gasteiger charge is 2.05. The molecule has 0 aromatic rings. The van der Waals surface area contributed by atoms with Gasteiger partial charge in [-0.1, -0.05) is 24.9 Å². The van der Waals surface area contributed by atoms with Crippen LogP contribution in [0.15, 0.2) is 10.4 Å². The smallest absolute Gasteiger partial charge is 0.258 e. The quantitative estimate of drug-likeness (QED) is 0.694. The van der Waals surface area contributed by atoms with Crippen LogP contribution in [0, 0.1) is 0 Å². The number of hydrogen-bond acceptors (Lipinski definition) is 3. The fraction of sp³-hybridized carbons (Fsp3) is 0.571. The first-order chi connectivity index (χ1) is 6.02. The van der Waals surface area contributed by atoms with Gasteiger partial charge in [-0.05, 0) is 12.8 Å². The molecule has 0 aliphatic rings. The van der Waals surface area contributed by atoms with E-state index in [-0.39, 0.29) is 11.4 Å². The molecule has 0 saturated carbocycles. The van der Waals surface area contributed by atoms with Gasteiger partial charge in [-0.25, -0.2) is 8.42 Å². The summed E-state index contributed by atoms with van der Waals surface area (Å²) in [6.45, 7) is 1.97. The van der Waals surface area contributed by atoms with Gasteiger partial charge in [-0.2, -0.15) is 0 Å². The summed E-state index contributed by atoms with van der Waals surface area (Å²) in [5.74, 6) is 0. The van der Waals surface area contributed by atoms with Crippen LogP contribution in [0.4, 0.5) is 0 Å². The summed E-state index contributed by atoms with van der Waals surface area (Å²) < 4.78 is 23.5. The molecule has 0 spiro atoms. The molecule has 0 rings (SSSR count). The highest BCUT2D eigenvalue weighted by Crippen LogP contribution is 2.12. The SMILES string of the molecule is CCCCC(Cl)=CS(=O)(=O)NC=O. The highest BCUT2D eigenvalue weighted by atomic mass is 35.5. The van der Waals surface area contributed by atoms with E-state index in [9.17, 15) is 13.2 Å². The molecule has 0 bridgehead atoms. The minimum Gasteiger partial charge on any atom is -0.278 e. The van der Waals surface area contributed by atoms with Gasteiger partial charge >= 0.3 is 0 Å². The number of hydrogen-bond donors (Lipinski definition) is 1. The van der Waals surface area contributed by atoms with Gasteiger partial charge in [-0.15, -0.1) is 0 Å². The summed E-state index contributed by atoms with van der Waals surface area (Å²) in [5.41, 5.74) is 0. The number of carbonyl (C=O) groups is 1. The monoisotopic (exact) mass is 225 g/mol. The van der Waals surface area contributed by atoms with Crippen molar-refractivity contribution in [3.63, 3.8) is 0 Å². The van der Waals surface area contributed by atoms with Gasteiger partial charge < -0.3 is 0 Å². The second-order valence-corrected chi connectivity index (χ2v) is 4.50. The molecule has 4 nitrogen and oxygen atoms in total. The summed E-state index contributed by atoms with van der Waals surface area (Å²) in [6.07, 6.45) is 2.38. The van der Waals surface area contributed by atoms with E-state index in [1.54, 1.807) is 4.72 Å². The van der Waals surface area contributed by atoms with E-state index in [2.05, 4.69) is 0 Å². The lowest BCUT2D eigenvalue weighted by molar-refractivity contribution is -0.108. The van der Waals surface area contributed by atoms with Crippen molar-refractivity contribution in [2.75, 3.05) is 0 Å². The van der Waals surface area contributed by atoms with Gasteiger partial charge in [0.1, 0.15) is 0 Å². The number of amides is 1. The van der Waals surface area contributed by atoms with Crippen LogP contribution in [0.1, 0.15) is 26.2 Å². The second kappa shape index (κ2) is 5.99. The number of unbranched alkanes of at least 4 members (excludes halogenated alkanes) is 1. The van der Waals surface area contributed by atoms with Gasteiger partial charge in [0.05, 0.1) is 5.41 Å². The Hall–Kier alpha value is -0.550. The normalized spacial score (nSPS) is 12.6. The first-order valence-electron chi connectivity index (χ1n) is 3.84. The maximum atomic E-state index is 10.9. The zero-order valence-corrected chi connectivity index (χ0v) is 8.86. The van der Waals surface area contributed by atoms with Gasteiger partial charge in [0.15, 0.2) is 0 Å². The maximum Gasteiger partial charge on any atom is 0.258 e. The Labute approximate surface area is 83.0 Å². The minimum absolute atomic E-state index is 0.107. The van der Waals surface area contributed by atoms with Crippen LogP contribution in [0.2, 0.25) is 0 Å². The number of halogens is 1. The Morgan fingerprint density at radius 3 is 2.62 bits per heavy atom. The van der Waals surface area contributed by atoms with Crippen molar-refractivity contribution in [2.45, 2.75) is 26.2 Å². The average molecular weight is 226 g/mol. The van der Waals surface area contributed by atoms with Crippen molar-refractivity contribution in [3.8, 4) is 0 Å². The zero-order valence-electron chi connectivity index (χ0n) is 7.29. The number of rotatable bonds is 6. The third-order valence-electron chi connectivity index (χ3n) is 1.26. The van der Waals surface area contributed by atoms with Crippen LogP contribution in [0.3, 0.4) is 0 Å². The topological polar surface area (TPSA) is 63.2 Å². The van der Waals surface area contributed by atoms with E-state index in [1.165, 1.54) is 0 Å². The number of allylic oxidation sites excluding steroid dienone is 1. The van der Waals surface area contributed by atoms with Crippen molar-refractivity contribution < 1.29 is 13.2 Å². The van der Waals surface area contributed by atoms with E-state index in [0.717, 1.165) is 18.2 Å². The summed E-state index contributed by atoms with van der Waals surface area (Å²) in [6, 6.07) is 0. The van der Waals surface area contributed by atoms with Crippen molar-refractivity contribution >= 4 is 28.0 Å². The van der Waals surface area contributed by atoms with Crippen molar-refractivity contribution in [3.05, 3.63) is 10.4 Å². The molecular formula is C7H12ClNO3S. The molecule has 13 heavy (non-hydrogen) atoms. The Kier molecular flexibility index (Phi) is 5.73. The summed E-state index contributed by atoms with van der Waals surface area (Å²) in [4.78, 5) is 9.85. The maximum absolute atomic E-state index is 10.9. The summed E-state index contributed by atoms with van der Waals surface area (Å²) in [5, 5.41) is 1.09. The molecule has 0 aliphatic heterocycles. The molecular weight excluding hydrogens is 214 g/mol. The van der Waals surface area contributed by atoms with E-state index in [4.69, 9.17) is 11.6 Å². The molecule has 0 heterocycles. The highest BCUT2D eigenvalue weighted by molar-refractivity contribution is 7.92. The van der Waals surface area contributed by atoms with E-state index < -0.39 is 10.0 Å². The fourth-order valence-corrected chi connectivity index (χ4v) is 1.82. The van der Waals surface area contributed by atoms with Crippen LogP contribution >= 0.6 is 11.6 Å². The molecule has 0 atom stereocenters. The lowest BCUT2D eigenvalue weighted by atomic mass is 10.2. The van der Waals surface area contributed by atoms with Gasteiger partial charge in [0.25, 0.3) is 10.0 Å². The number of sulfonamides is 1. The Bertz CT molecular complexity index is 284. The van der Waals surface area contributed by atoms with E-state index in [1.807, 2.05) is 6.92 Å². The van der Waals surface area contributed by atoms with Gasteiger partial charge in [0.2, 0.25) is 6.41 Å². The molecule has 1 amide bonds. The molecule has 0 aliphatic carbocycles. The van der Waals surface area contributed by atoms with E-state index >= 15 is 0 Å². The average Bonchev–Trinajstić information content (AvgIpc) is 1.99. The minimum atomic E-state index is -3.67. The zero-order chi connectivity index (χ0) is 10.3. The molecule has 0 fully saturated rings. The molecule has 0 radical (unpaired) electrons. The molecule has 1 N–H and O–H groups in total. The van der Waals surface area contributed by atoms with Crippen LogP contribution < -0.4 is 4.72 Å². The predicted molar refractivity (Wildman–Crippen MR) is 51.6 cm³/mol. The molecule has 0 aromatic carbocycles. The van der Waals surface area contributed by atoms with Crippen LogP contribution in [0.25, 0.3) is 0 Å². The van der Waals surface area contributed by atoms with Crippen molar-refractivity contribution in [1.82, 2.24) is 4.72 Å². The summed E-state index contributed by atoms with van der Waals surface area (Å²) in [7, 11) is -3.67. The molecule has 0 saturated heterocycles. The predicted octanol–water partition coefficient (Wildman–Crippen LogP) is 1.33. The van der Waals surface area contributed by atoms with Crippen molar-refractivity contribution in [2.24, 2.45) is 0 Å². The van der Waals surface area contributed by atoms with Crippen LogP contribution in [-0.2, 0) is 14.8 Å². The lowest BCUT2D eigenvalue weighted by Gasteiger charge is -1.97. The molecule has 76 valence electrons. The molecule has 0 aromatic heterocycles. The van der Waals surface area contributed by atoms with Crippen LogP contribution in [-0.4, -0.2) is 14.8 Å². The van der Waals surface area contributed by atoms with E-state index in [0.29, 0.717) is 6.42 Å². The Morgan fingerprint density at radius 2 is 2.15 bits per heavy atom. The summed E-state index contributed by atoms with van der Waals surface area (Å²) >= 11 is 5.61. The first kappa shape index (κ1) is 12.4. The van der Waals surface area contributed by atoms with Gasteiger partial charge in [0, 0.05) is 5.03 Å². The third kappa shape index (κ3) is 6.60. The standard InChI is InChI=1S/C7H12ClNO3S/c1-2-3-4-7(8)5-13(11,12)9-6-10/h5-6H,2-4H2,1H3,(H,9,10). The third-order valence-corrected chi connectivity index (χ3v) is 2.71. The Balaban J connectivity index is 4.27. The largest absolute Gasteiger partial charge is 0.278 e. The molecule has 0 unspecified atom stereocenters. The number of nitrogens with one attached hydrogen (secondary N) is 1. The second-order valence-electron chi connectivity index (χ2n) is 2.45.